The zero-order valence-electron chi connectivity index (χ0n) is 9.08. The molecule has 0 aliphatic carbocycles. The minimum Gasteiger partial charge on any atom is -0.461 e. The maximum Gasteiger partial charge on any atom is 0.357 e. The normalized spacial score (nSPS) is 10.2. The van der Waals surface area contributed by atoms with Crippen LogP contribution < -0.4 is 0 Å². The van der Waals surface area contributed by atoms with Crippen molar-refractivity contribution in [2.75, 3.05) is 6.61 Å². The highest BCUT2D eigenvalue weighted by molar-refractivity contribution is 6.03. The van der Waals surface area contributed by atoms with E-state index in [1.807, 2.05) is 0 Å². The summed E-state index contributed by atoms with van der Waals surface area (Å²) in [5.74, 6) is -1.04. The minimum absolute atomic E-state index is 0.0152. The maximum absolute atomic E-state index is 11.9. The highest BCUT2D eigenvalue weighted by atomic mass is 16.5. The van der Waals surface area contributed by atoms with Gasteiger partial charge in [-0.05, 0) is 6.92 Å². The molecular formula is C10H10N4O3. The first-order chi connectivity index (χ1) is 8.24. The number of aromatic amines is 1. The Morgan fingerprint density at radius 2 is 2.35 bits per heavy atom. The van der Waals surface area contributed by atoms with E-state index in [0.29, 0.717) is 0 Å². The van der Waals surface area contributed by atoms with E-state index in [9.17, 15) is 9.59 Å². The van der Waals surface area contributed by atoms with Crippen molar-refractivity contribution in [1.82, 2.24) is 19.5 Å². The van der Waals surface area contributed by atoms with Gasteiger partial charge in [-0.25, -0.2) is 14.8 Å². The molecule has 0 unspecified atom stereocenters. The summed E-state index contributed by atoms with van der Waals surface area (Å²) < 4.78 is 6.04. The molecule has 0 saturated heterocycles. The number of rotatable bonds is 3. The molecule has 2 rings (SSSR count). The van der Waals surface area contributed by atoms with E-state index < -0.39 is 11.9 Å². The lowest BCUT2D eigenvalue weighted by Crippen LogP contribution is -2.16. The molecule has 0 aliphatic heterocycles. The van der Waals surface area contributed by atoms with E-state index in [1.165, 1.54) is 29.6 Å². The van der Waals surface area contributed by atoms with Crippen LogP contribution in [0, 0.1) is 0 Å². The average molecular weight is 234 g/mol. The van der Waals surface area contributed by atoms with Gasteiger partial charge in [-0.1, -0.05) is 0 Å². The molecule has 0 aromatic carbocycles. The van der Waals surface area contributed by atoms with Crippen molar-refractivity contribution in [1.29, 1.82) is 0 Å². The van der Waals surface area contributed by atoms with Gasteiger partial charge in [-0.3, -0.25) is 9.36 Å². The molecular weight excluding hydrogens is 224 g/mol. The van der Waals surface area contributed by atoms with Gasteiger partial charge in [0.1, 0.15) is 6.33 Å². The monoisotopic (exact) mass is 234 g/mol. The maximum atomic E-state index is 11.9. The third kappa shape index (κ3) is 2.07. The fourth-order valence-electron chi connectivity index (χ4n) is 1.32. The Kier molecular flexibility index (Phi) is 2.99. The first-order valence-electron chi connectivity index (χ1n) is 4.97. The second-order valence-electron chi connectivity index (χ2n) is 3.12. The van der Waals surface area contributed by atoms with Crippen LogP contribution in [0.5, 0.6) is 0 Å². The number of hydrogen-bond acceptors (Lipinski definition) is 5. The van der Waals surface area contributed by atoms with E-state index >= 15 is 0 Å². The lowest BCUT2D eigenvalue weighted by molar-refractivity contribution is 0.0516. The van der Waals surface area contributed by atoms with Crippen LogP contribution in [0.3, 0.4) is 0 Å². The van der Waals surface area contributed by atoms with Gasteiger partial charge in [0.15, 0.2) is 11.4 Å². The van der Waals surface area contributed by atoms with Crippen LogP contribution in [0.25, 0.3) is 0 Å². The average Bonchev–Trinajstić information content (AvgIpc) is 3.00. The fraction of sp³-hybridized carbons (Fsp3) is 0.200. The summed E-state index contributed by atoms with van der Waals surface area (Å²) >= 11 is 0. The van der Waals surface area contributed by atoms with Crippen molar-refractivity contribution >= 4 is 11.9 Å². The minimum atomic E-state index is -0.603. The molecule has 0 amide bonds. The number of nitrogens with one attached hydrogen (secondary N) is 1. The topological polar surface area (TPSA) is 89.9 Å². The second-order valence-corrected chi connectivity index (χ2v) is 3.12. The number of H-pyrrole nitrogens is 1. The van der Waals surface area contributed by atoms with E-state index in [-0.39, 0.29) is 18.0 Å². The Balaban J connectivity index is 2.31. The van der Waals surface area contributed by atoms with Crippen molar-refractivity contribution in [2.24, 2.45) is 0 Å². The quantitative estimate of drug-likeness (QED) is 0.779. The van der Waals surface area contributed by atoms with Crippen molar-refractivity contribution in [3.8, 4) is 0 Å². The number of esters is 1. The summed E-state index contributed by atoms with van der Waals surface area (Å²) in [6.07, 6.45) is 5.56. The van der Waals surface area contributed by atoms with Crippen LogP contribution in [-0.4, -0.2) is 38.0 Å². The Morgan fingerprint density at radius 3 is 3.00 bits per heavy atom. The van der Waals surface area contributed by atoms with E-state index in [2.05, 4.69) is 15.0 Å². The van der Waals surface area contributed by atoms with E-state index in [0.717, 1.165) is 0 Å². The van der Waals surface area contributed by atoms with Gasteiger partial charge in [0, 0.05) is 12.4 Å². The third-order valence-corrected chi connectivity index (χ3v) is 2.06. The molecule has 0 bridgehead atoms. The molecule has 0 saturated carbocycles. The van der Waals surface area contributed by atoms with Crippen LogP contribution in [-0.2, 0) is 4.74 Å². The molecule has 0 fully saturated rings. The molecule has 7 nitrogen and oxygen atoms in total. The highest BCUT2D eigenvalue weighted by Crippen LogP contribution is 2.07. The van der Waals surface area contributed by atoms with Gasteiger partial charge in [-0.15, -0.1) is 0 Å². The van der Waals surface area contributed by atoms with Gasteiger partial charge in [0.2, 0.25) is 0 Å². The standard InChI is InChI=1S/C10H10N4O3/c1-2-17-10(16)8-7(12-5-13-8)9(15)14-4-3-11-6-14/h3-6H,2H2,1H3,(H,12,13). The van der Waals surface area contributed by atoms with Crippen molar-refractivity contribution in [3.05, 3.63) is 36.4 Å². The molecule has 2 aromatic heterocycles. The summed E-state index contributed by atoms with van der Waals surface area (Å²) in [5.41, 5.74) is 0.0620. The van der Waals surface area contributed by atoms with Gasteiger partial charge in [0.25, 0.3) is 5.91 Å². The summed E-state index contributed by atoms with van der Waals surface area (Å²) in [6.45, 7) is 1.92. The Bertz CT molecular complexity index is 530. The van der Waals surface area contributed by atoms with Crippen LogP contribution in [0.15, 0.2) is 25.0 Å². The first-order valence-corrected chi connectivity index (χ1v) is 4.97. The lowest BCUT2D eigenvalue weighted by Gasteiger charge is -2.02. The summed E-state index contributed by atoms with van der Waals surface area (Å²) in [4.78, 5) is 33.6. The van der Waals surface area contributed by atoms with E-state index in [1.54, 1.807) is 6.92 Å². The number of ether oxygens (including phenoxy) is 1. The first kappa shape index (κ1) is 11.1. The van der Waals surface area contributed by atoms with Crippen LogP contribution in [0.2, 0.25) is 0 Å². The van der Waals surface area contributed by atoms with Crippen molar-refractivity contribution in [2.45, 2.75) is 6.92 Å². The SMILES string of the molecule is CCOC(=O)c1[nH]cnc1C(=O)n1ccnc1. The van der Waals surface area contributed by atoms with Crippen LogP contribution in [0.1, 0.15) is 27.9 Å². The Hall–Kier alpha value is -2.44. The molecule has 17 heavy (non-hydrogen) atoms. The summed E-state index contributed by atoms with van der Waals surface area (Å²) in [5, 5.41) is 0. The largest absolute Gasteiger partial charge is 0.461 e. The molecule has 7 heteroatoms. The van der Waals surface area contributed by atoms with Crippen LogP contribution in [0.4, 0.5) is 0 Å². The van der Waals surface area contributed by atoms with Crippen LogP contribution >= 0.6 is 0 Å². The number of nitrogens with zero attached hydrogens (tertiary/aromatic N) is 3. The predicted molar refractivity (Wildman–Crippen MR) is 56.5 cm³/mol. The Morgan fingerprint density at radius 1 is 1.53 bits per heavy atom. The Labute approximate surface area is 96.5 Å². The number of hydrogen-bond donors (Lipinski definition) is 1. The van der Waals surface area contributed by atoms with Gasteiger partial charge in [0.05, 0.1) is 12.9 Å². The zero-order valence-corrected chi connectivity index (χ0v) is 9.08. The number of aromatic nitrogens is 4. The second kappa shape index (κ2) is 4.60. The fourth-order valence-corrected chi connectivity index (χ4v) is 1.32. The molecule has 88 valence electrons. The number of imidazole rings is 2. The lowest BCUT2D eigenvalue weighted by atomic mass is 10.3. The summed E-state index contributed by atoms with van der Waals surface area (Å²) in [7, 11) is 0. The summed E-state index contributed by atoms with van der Waals surface area (Å²) in [6, 6.07) is 0. The third-order valence-electron chi connectivity index (χ3n) is 2.06. The molecule has 0 radical (unpaired) electrons. The molecule has 2 heterocycles. The molecule has 0 atom stereocenters. The van der Waals surface area contributed by atoms with E-state index in [4.69, 9.17) is 4.74 Å². The number of carbonyl (C=O) groups excluding carboxylic acids is 2. The molecule has 0 aliphatic rings. The molecule has 1 N–H and O–H groups in total. The molecule has 0 spiro atoms. The number of carbonyl (C=O) groups is 2. The highest BCUT2D eigenvalue weighted by Gasteiger charge is 2.22. The predicted octanol–water partition coefficient (Wildman–Crippen LogP) is 0.471. The van der Waals surface area contributed by atoms with Crippen molar-refractivity contribution in [3.63, 3.8) is 0 Å². The zero-order chi connectivity index (χ0) is 12.3. The smallest absolute Gasteiger partial charge is 0.357 e. The van der Waals surface area contributed by atoms with Crippen molar-refractivity contribution < 1.29 is 14.3 Å². The van der Waals surface area contributed by atoms with Gasteiger partial charge in [-0.2, -0.15) is 0 Å². The van der Waals surface area contributed by atoms with Gasteiger partial charge < -0.3 is 9.72 Å². The molecule has 2 aromatic rings. The van der Waals surface area contributed by atoms with Gasteiger partial charge >= 0.3 is 5.97 Å².